The molecule has 0 saturated heterocycles. The summed E-state index contributed by atoms with van der Waals surface area (Å²) < 4.78 is 0. The van der Waals surface area contributed by atoms with Crippen molar-refractivity contribution in [3.8, 4) is 0 Å². The molecule has 0 saturated carbocycles. The maximum absolute atomic E-state index is 11.6. The van der Waals surface area contributed by atoms with Crippen LogP contribution >= 0.6 is 0 Å². The normalized spacial score (nSPS) is 12.3. The van der Waals surface area contributed by atoms with E-state index in [1.54, 1.807) is 0 Å². The van der Waals surface area contributed by atoms with Crippen molar-refractivity contribution < 1.29 is 19.5 Å². The van der Waals surface area contributed by atoms with Crippen LogP contribution in [0.2, 0.25) is 0 Å². The molecule has 1 atom stereocenters. The summed E-state index contributed by atoms with van der Waals surface area (Å²) >= 11 is 0. The summed E-state index contributed by atoms with van der Waals surface area (Å²) in [6.45, 7) is 7.90. The Labute approximate surface area is 120 Å². The van der Waals surface area contributed by atoms with Crippen molar-refractivity contribution in [2.24, 2.45) is 11.8 Å². The number of carbonyl (C=O) groups excluding carboxylic acids is 2. The molecule has 0 unspecified atom stereocenters. The third kappa shape index (κ3) is 9.35. The smallest absolute Gasteiger partial charge is 0.326 e. The fourth-order valence-electron chi connectivity index (χ4n) is 1.72. The van der Waals surface area contributed by atoms with E-state index in [1.165, 1.54) is 0 Å². The first-order chi connectivity index (χ1) is 9.22. The van der Waals surface area contributed by atoms with Crippen LogP contribution in [-0.4, -0.2) is 35.5 Å². The molecule has 0 aromatic rings. The zero-order valence-electron chi connectivity index (χ0n) is 12.7. The van der Waals surface area contributed by atoms with E-state index in [-0.39, 0.29) is 36.6 Å². The van der Waals surface area contributed by atoms with E-state index >= 15 is 0 Å². The van der Waals surface area contributed by atoms with Gasteiger partial charge in [0, 0.05) is 19.4 Å². The predicted molar refractivity (Wildman–Crippen MR) is 76.1 cm³/mol. The molecule has 3 N–H and O–H groups in total. The maximum atomic E-state index is 11.6. The summed E-state index contributed by atoms with van der Waals surface area (Å²) in [5, 5.41) is 14.1. The zero-order chi connectivity index (χ0) is 15.7. The Hall–Kier alpha value is -1.59. The third-order valence-electron chi connectivity index (χ3n) is 2.61. The van der Waals surface area contributed by atoms with Crippen molar-refractivity contribution >= 4 is 17.8 Å². The van der Waals surface area contributed by atoms with E-state index in [9.17, 15) is 14.4 Å². The number of rotatable bonds is 9. The minimum absolute atomic E-state index is 0.0890. The van der Waals surface area contributed by atoms with E-state index in [2.05, 4.69) is 10.6 Å². The number of nitrogens with one attached hydrogen (secondary N) is 2. The molecule has 0 heterocycles. The van der Waals surface area contributed by atoms with Gasteiger partial charge in [0.25, 0.3) is 0 Å². The third-order valence-corrected chi connectivity index (χ3v) is 2.61. The molecular weight excluding hydrogens is 260 g/mol. The van der Waals surface area contributed by atoms with Gasteiger partial charge in [-0.15, -0.1) is 0 Å². The quantitative estimate of drug-likeness (QED) is 0.592. The van der Waals surface area contributed by atoms with E-state index < -0.39 is 12.0 Å². The van der Waals surface area contributed by atoms with Gasteiger partial charge in [-0.25, -0.2) is 4.79 Å². The molecule has 0 spiro atoms. The van der Waals surface area contributed by atoms with Crippen LogP contribution in [-0.2, 0) is 14.4 Å². The molecule has 0 rings (SSSR count). The van der Waals surface area contributed by atoms with E-state index in [0.29, 0.717) is 12.8 Å². The van der Waals surface area contributed by atoms with E-state index in [4.69, 9.17) is 5.11 Å². The topological polar surface area (TPSA) is 95.5 Å². The lowest BCUT2D eigenvalue weighted by molar-refractivity contribution is -0.142. The van der Waals surface area contributed by atoms with Crippen LogP contribution in [0.15, 0.2) is 0 Å². The second-order valence-electron chi connectivity index (χ2n) is 5.79. The molecule has 20 heavy (non-hydrogen) atoms. The molecule has 116 valence electrons. The molecule has 6 nitrogen and oxygen atoms in total. The van der Waals surface area contributed by atoms with E-state index in [0.717, 1.165) is 0 Å². The van der Waals surface area contributed by atoms with Gasteiger partial charge < -0.3 is 15.7 Å². The van der Waals surface area contributed by atoms with Gasteiger partial charge in [-0.1, -0.05) is 27.7 Å². The van der Waals surface area contributed by atoms with Crippen LogP contribution in [0.3, 0.4) is 0 Å². The monoisotopic (exact) mass is 286 g/mol. The zero-order valence-corrected chi connectivity index (χ0v) is 12.7. The second kappa shape index (κ2) is 9.34. The van der Waals surface area contributed by atoms with Crippen molar-refractivity contribution in [1.82, 2.24) is 10.6 Å². The van der Waals surface area contributed by atoms with Crippen molar-refractivity contribution in [2.45, 2.75) is 53.0 Å². The van der Waals surface area contributed by atoms with E-state index in [1.807, 2.05) is 27.7 Å². The lowest BCUT2D eigenvalue weighted by atomic mass is 10.0. The highest BCUT2D eigenvalue weighted by Gasteiger charge is 2.20. The molecule has 0 fully saturated rings. The van der Waals surface area contributed by atoms with Crippen molar-refractivity contribution in [1.29, 1.82) is 0 Å². The van der Waals surface area contributed by atoms with Crippen LogP contribution in [0.25, 0.3) is 0 Å². The van der Waals surface area contributed by atoms with Gasteiger partial charge >= 0.3 is 5.97 Å². The van der Waals surface area contributed by atoms with Gasteiger partial charge in [-0.2, -0.15) is 0 Å². The van der Waals surface area contributed by atoms with Gasteiger partial charge in [0.05, 0.1) is 0 Å². The van der Waals surface area contributed by atoms with Gasteiger partial charge in [-0.05, 0) is 18.3 Å². The summed E-state index contributed by atoms with van der Waals surface area (Å²) in [6.07, 6.45) is 0.902. The molecular formula is C14H26N2O4. The number of hydrogen-bond acceptors (Lipinski definition) is 3. The van der Waals surface area contributed by atoms with Crippen LogP contribution in [0.4, 0.5) is 0 Å². The fourth-order valence-corrected chi connectivity index (χ4v) is 1.72. The summed E-state index contributed by atoms with van der Waals surface area (Å²) in [5.74, 6) is -1.03. The molecule has 0 aromatic carbocycles. The van der Waals surface area contributed by atoms with Crippen LogP contribution in [0, 0.1) is 11.8 Å². The largest absolute Gasteiger partial charge is 0.480 e. The molecule has 6 heteroatoms. The molecule has 0 aliphatic rings. The maximum Gasteiger partial charge on any atom is 0.326 e. The lowest BCUT2D eigenvalue weighted by Gasteiger charge is -2.16. The highest BCUT2D eigenvalue weighted by atomic mass is 16.4. The van der Waals surface area contributed by atoms with Crippen molar-refractivity contribution in [2.75, 3.05) is 6.54 Å². The number of amides is 2. The first kappa shape index (κ1) is 18.4. The number of carboxylic acid groups (broad SMARTS) is 1. The summed E-state index contributed by atoms with van der Waals surface area (Å²) in [7, 11) is 0. The Kier molecular flexibility index (Phi) is 8.59. The SMILES string of the molecule is CC(C)CC(=O)NCCC(=O)N[C@@H](CC(C)C)C(=O)O. The number of aliphatic carboxylic acids is 1. The Balaban J connectivity index is 4.02. The summed E-state index contributed by atoms with van der Waals surface area (Å²) in [4.78, 5) is 34.0. The minimum atomic E-state index is -1.03. The van der Waals surface area contributed by atoms with Crippen LogP contribution in [0.1, 0.15) is 47.0 Å². The second-order valence-corrected chi connectivity index (χ2v) is 5.79. The average Bonchev–Trinajstić information content (AvgIpc) is 2.26. The Morgan fingerprint density at radius 1 is 1.00 bits per heavy atom. The van der Waals surface area contributed by atoms with Crippen molar-refractivity contribution in [3.05, 3.63) is 0 Å². The molecule has 0 aliphatic carbocycles. The van der Waals surface area contributed by atoms with Gasteiger partial charge in [0.2, 0.25) is 11.8 Å². The molecule has 0 bridgehead atoms. The van der Waals surface area contributed by atoms with Gasteiger partial charge in [0.15, 0.2) is 0 Å². The molecule has 0 radical (unpaired) electrons. The number of carbonyl (C=O) groups is 3. The lowest BCUT2D eigenvalue weighted by Crippen LogP contribution is -2.42. The first-order valence-corrected chi connectivity index (χ1v) is 7.01. The highest BCUT2D eigenvalue weighted by molar-refractivity contribution is 5.84. The predicted octanol–water partition coefficient (Wildman–Crippen LogP) is 1.15. The standard InChI is InChI=1S/C14H26N2O4/c1-9(2)7-11(14(19)20)16-12(17)5-6-15-13(18)8-10(3)4/h9-11H,5-8H2,1-4H3,(H,15,18)(H,16,17)(H,19,20)/t11-/m0/s1. The summed E-state index contributed by atoms with van der Waals surface area (Å²) in [6, 6.07) is -0.867. The Morgan fingerprint density at radius 3 is 2.05 bits per heavy atom. The minimum Gasteiger partial charge on any atom is -0.480 e. The Morgan fingerprint density at radius 2 is 1.60 bits per heavy atom. The van der Waals surface area contributed by atoms with Crippen LogP contribution < -0.4 is 10.6 Å². The first-order valence-electron chi connectivity index (χ1n) is 7.01. The van der Waals surface area contributed by atoms with Gasteiger partial charge in [-0.3, -0.25) is 9.59 Å². The molecule has 0 aliphatic heterocycles. The highest BCUT2D eigenvalue weighted by Crippen LogP contribution is 2.05. The summed E-state index contributed by atoms with van der Waals surface area (Å²) in [5.41, 5.74) is 0. The van der Waals surface area contributed by atoms with Gasteiger partial charge in [0.1, 0.15) is 6.04 Å². The molecule has 0 aromatic heterocycles. The average molecular weight is 286 g/mol. The number of hydrogen-bond donors (Lipinski definition) is 3. The Bertz CT molecular complexity index is 340. The fraction of sp³-hybridized carbons (Fsp3) is 0.786. The van der Waals surface area contributed by atoms with Crippen molar-refractivity contribution in [3.63, 3.8) is 0 Å². The number of carboxylic acids is 1. The van der Waals surface area contributed by atoms with Crippen LogP contribution in [0.5, 0.6) is 0 Å². The molecule has 2 amide bonds.